The van der Waals surface area contributed by atoms with Crippen LogP contribution in [0.1, 0.15) is 25.7 Å². The third kappa shape index (κ3) is 3.48. The molecule has 3 aliphatic rings. The van der Waals surface area contributed by atoms with Crippen molar-refractivity contribution in [1.29, 1.82) is 0 Å². The van der Waals surface area contributed by atoms with Gasteiger partial charge in [-0.2, -0.15) is 0 Å². The highest BCUT2D eigenvalue weighted by Crippen LogP contribution is 2.33. The smallest absolute Gasteiger partial charge is 0.228 e. The van der Waals surface area contributed by atoms with Crippen LogP contribution < -0.4 is 4.90 Å². The van der Waals surface area contributed by atoms with Crippen molar-refractivity contribution in [1.82, 2.24) is 9.80 Å². The van der Waals surface area contributed by atoms with Crippen LogP contribution in [-0.4, -0.2) is 60.4 Å². The van der Waals surface area contributed by atoms with Gasteiger partial charge in [0.2, 0.25) is 11.8 Å². The maximum atomic E-state index is 13.1. The van der Waals surface area contributed by atoms with Crippen LogP contribution in [0.5, 0.6) is 0 Å². The summed E-state index contributed by atoms with van der Waals surface area (Å²) < 4.78 is 13.1. The second kappa shape index (κ2) is 6.65. The first-order valence-electron chi connectivity index (χ1n) is 9.20. The van der Waals surface area contributed by atoms with Crippen LogP contribution in [0.3, 0.4) is 0 Å². The van der Waals surface area contributed by atoms with E-state index in [1.807, 2.05) is 9.80 Å². The number of anilines is 1. The molecule has 1 aliphatic carbocycles. The number of hydrogen-bond donors (Lipinski definition) is 0. The molecule has 1 aromatic carbocycles. The number of halogens is 1. The summed E-state index contributed by atoms with van der Waals surface area (Å²) in [5.74, 6) is -0.145. The fraction of sp³-hybridized carbons (Fsp3) is 0.579. The molecule has 0 unspecified atom stereocenters. The molecule has 134 valence electrons. The quantitative estimate of drug-likeness (QED) is 0.840. The minimum Gasteiger partial charge on any atom is -0.370 e. The van der Waals surface area contributed by atoms with Crippen LogP contribution in [0.4, 0.5) is 10.1 Å². The van der Waals surface area contributed by atoms with E-state index < -0.39 is 0 Å². The standard InChI is InChI=1S/C19H24FN3O2/c20-15-2-4-16(5-3-15)21-8-1-9-22(11-10-21)19(25)14-12-18(24)23(13-14)17-6-7-17/h2-5,14,17H,1,6-13H2/t14-/m1/s1. The van der Waals surface area contributed by atoms with Gasteiger partial charge in [-0.1, -0.05) is 0 Å². The van der Waals surface area contributed by atoms with Crippen LogP contribution in [0.2, 0.25) is 0 Å². The Kier molecular flexibility index (Phi) is 4.36. The summed E-state index contributed by atoms with van der Waals surface area (Å²) in [6.07, 6.45) is 3.43. The molecule has 0 spiro atoms. The first-order chi connectivity index (χ1) is 12.1. The maximum Gasteiger partial charge on any atom is 0.228 e. The Bertz CT molecular complexity index is 659. The monoisotopic (exact) mass is 345 g/mol. The van der Waals surface area contributed by atoms with Crippen molar-refractivity contribution in [3.8, 4) is 0 Å². The summed E-state index contributed by atoms with van der Waals surface area (Å²) in [5, 5.41) is 0. The lowest BCUT2D eigenvalue weighted by atomic mass is 10.1. The van der Waals surface area contributed by atoms with Gasteiger partial charge in [0.05, 0.1) is 5.92 Å². The van der Waals surface area contributed by atoms with E-state index >= 15 is 0 Å². The third-order valence-corrected chi connectivity index (χ3v) is 5.49. The van der Waals surface area contributed by atoms with Gasteiger partial charge in [0.1, 0.15) is 5.82 Å². The second-order valence-corrected chi connectivity index (χ2v) is 7.32. The fourth-order valence-electron chi connectivity index (χ4n) is 3.94. The largest absolute Gasteiger partial charge is 0.370 e. The Morgan fingerprint density at radius 2 is 1.80 bits per heavy atom. The van der Waals surface area contributed by atoms with Gasteiger partial charge in [-0.05, 0) is 43.5 Å². The van der Waals surface area contributed by atoms with E-state index in [0.29, 0.717) is 25.6 Å². The number of likely N-dealkylation sites (tertiary alicyclic amines) is 1. The lowest BCUT2D eigenvalue weighted by molar-refractivity contribution is -0.135. The van der Waals surface area contributed by atoms with Gasteiger partial charge in [-0.25, -0.2) is 4.39 Å². The molecular weight excluding hydrogens is 321 g/mol. The summed E-state index contributed by atoms with van der Waals surface area (Å²) in [6, 6.07) is 6.91. The van der Waals surface area contributed by atoms with Crippen LogP contribution in [0.15, 0.2) is 24.3 Å². The van der Waals surface area contributed by atoms with E-state index in [2.05, 4.69) is 4.90 Å². The van der Waals surface area contributed by atoms with Gasteiger partial charge < -0.3 is 14.7 Å². The lowest BCUT2D eigenvalue weighted by Crippen LogP contribution is -2.40. The normalized spacial score (nSPS) is 24.6. The Balaban J connectivity index is 1.36. The first-order valence-corrected chi connectivity index (χ1v) is 9.20. The van der Waals surface area contributed by atoms with Crippen LogP contribution in [-0.2, 0) is 9.59 Å². The van der Waals surface area contributed by atoms with Crippen molar-refractivity contribution < 1.29 is 14.0 Å². The molecule has 1 aromatic rings. The molecular formula is C19H24FN3O2. The van der Waals surface area contributed by atoms with E-state index in [4.69, 9.17) is 0 Å². The maximum absolute atomic E-state index is 13.1. The van der Waals surface area contributed by atoms with E-state index in [9.17, 15) is 14.0 Å². The Labute approximate surface area is 147 Å². The Hall–Kier alpha value is -2.11. The zero-order valence-electron chi connectivity index (χ0n) is 14.4. The number of amides is 2. The topological polar surface area (TPSA) is 43.9 Å². The van der Waals surface area contributed by atoms with E-state index in [1.54, 1.807) is 12.1 Å². The minimum absolute atomic E-state index is 0.123. The van der Waals surface area contributed by atoms with Gasteiger partial charge in [0, 0.05) is 50.9 Å². The van der Waals surface area contributed by atoms with Gasteiger partial charge in [0.25, 0.3) is 0 Å². The molecule has 1 atom stereocenters. The number of benzene rings is 1. The van der Waals surface area contributed by atoms with Crippen molar-refractivity contribution in [2.75, 3.05) is 37.6 Å². The van der Waals surface area contributed by atoms with Crippen molar-refractivity contribution in [2.24, 2.45) is 5.92 Å². The molecule has 0 N–H and O–H groups in total. The molecule has 1 saturated carbocycles. The number of carbonyl (C=O) groups is 2. The van der Waals surface area contributed by atoms with Crippen LogP contribution >= 0.6 is 0 Å². The highest BCUT2D eigenvalue weighted by atomic mass is 19.1. The Morgan fingerprint density at radius 1 is 1.04 bits per heavy atom. The SMILES string of the molecule is O=C([C@@H]1CC(=O)N(C2CC2)C1)N1CCCN(c2ccc(F)cc2)CC1. The van der Waals surface area contributed by atoms with Gasteiger partial charge in [-0.3, -0.25) is 9.59 Å². The number of carbonyl (C=O) groups excluding carboxylic acids is 2. The second-order valence-electron chi connectivity index (χ2n) is 7.32. The van der Waals surface area contributed by atoms with E-state index in [-0.39, 0.29) is 23.5 Å². The number of nitrogens with zero attached hydrogens (tertiary/aromatic N) is 3. The van der Waals surface area contributed by atoms with Gasteiger partial charge >= 0.3 is 0 Å². The first kappa shape index (κ1) is 16.4. The summed E-state index contributed by atoms with van der Waals surface area (Å²) in [7, 11) is 0. The molecule has 2 aliphatic heterocycles. The van der Waals surface area contributed by atoms with Crippen molar-refractivity contribution >= 4 is 17.5 Å². The van der Waals surface area contributed by atoms with E-state index in [1.165, 1.54) is 12.1 Å². The molecule has 4 rings (SSSR count). The summed E-state index contributed by atoms with van der Waals surface area (Å²) in [4.78, 5) is 31.0. The summed E-state index contributed by atoms with van der Waals surface area (Å²) in [6.45, 7) is 3.58. The predicted octanol–water partition coefficient (Wildman–Crippen LogP) is 1.88. The zero-order chi connectivity index (χ0) is 17.4. The predicted molar refractivity (Wildman–Crippen MR) is 92.7 cm³/mol. The van der Waals surface area contributed by atoms with E-state index in [0.717, 1.165) is 44.6 Å². The summed E-state index contributed by atoms with van der Waals surface area (Å²) in [5.41, 5.74) is 0.992. The molecule has 2 amide bonds. The summed E-state index contributed by atoms with van der Waals surface area (Å²) >= 11 is 0. The molecule has 5 nitrogen and oxygen atoms in total. The average Bonchev–Trinajstić information content (AvgIpc) is 3.41. The van der Waals surface area contributed by atoms with Crippen LogP contribution in [0.25, 0.3) is 0 Å². The molecule has 3 fully saturated rings. The Morgan fingerprint density at radius 3 is 2.52 bits per heavy atom. The third-order valence-electron chi connectivity index (χ3n) is 5.49. The molecule has 0 aromatic heterocycles. The number of hydrogen-bond acceptors (Lipinski definition) is 3. The molecule has 2 saturated heterocycles. The lowest BCUT2D eigenvalue weighted by Gasteiger charge is -2.25. The molecule has 2 heterocycles. The highest BCUT2D eigenvalue weighted by molar-refractivity contribution is 5.89. The minimum atomic E-state index is -0.235. The molecule has 0 radical (unpaired) electrons. The highest BCUT2D eigenvalue weighted by Gasteiger charge is 2.42. The average molecular weight is 345 g/mol. The van der Waals surface area contributed by atoms with Crippen molar-refractivity contribution in [3.63, 3.8) is 0 Å². The zero-order valence-corrected chi connectivity index (χ0v) is 14.4. The van der Waals surface area contributed by atoms with Gasteiger partial charge in [-0.15, -0.1) is 0 Å². The molecule has 0 bridgehead atoms. The van der Waals surface area contributed by atoms with Crippen molar-refractivity contribution in [2.45, 2.75) is 31.7 Å². The number of rotatable bonds is 3. The van der Waals surface area contributed by atoms with Gasteiger partial charge in [0.15, 0.2) is 0 Å². The van der Waals surface area contributed by atoms with Crippen LogP contribution in [0, 0.1) is 11.7 Å². The van der Waals surface area contributed by atoms with Crippen molar-refractivity contribution in [3.05, 3.63) is 30.1 Å². The fourth-order valence-corrected chi connectivity index (χ4v) is 3.94. The molecule has 6 heteroatoms. The molecule has 25 heavy (non-hydrogen) atoms.